The van der Waals surface area contributed by atoms with Gasteiger partial charge in [-0.05, 0) is 49.8 Å². The van der Waals surface area contributed by atoms with Gasteiger partial charge >= 0.3 is 0 Å². The highest BCUT2D eigenvalue weighted by Gasteiger charge is 2.31. The number of methoxy groups -OCH3 is 1. The van der Waals surface area contributed by atoms with E-state index in [0.29, 0.717) is 12.0 Å². The lowest BCUT2D eigenvalue weighted by Gasteiger charge is -2.36. The van der Waals surface area contributed by atoms with Gasteiger partial charge in [-0.3, -0.25) is 0 Å². The molecule has 0 radical (unpaired) electrons. The van der Waals surface area contributed by atoms with E-state index in [-0.39, 0.29) is 5.38 Å². The van der Waals surface area contributed by atoms with Crippen LogP contribution in [0.15, 0.2) is 24.3 Å². The van der Waals surface area contributed by atoms with Gasteiger partial charge in [-0.25, -0.2) is 0 Å². The van der Waals surface area contributed by atoms with Crippen molar-refractivity contribution in [2.75, 3.05) is 13.7 Å². The Morgan fingerprint density at radius 1 is 1.28 bits per heavy atom. The predicted molar refractivity (Wildman–Crippen MR) is 74.3 cm³/mol. The summed E-state index contributed by atoms with van der Waals surface area (Å²) in [5.74, 6) is 1.59. The zero-order chi connectivity index (χ0) is 13.0. The lowest BCUT2D eigenvalue weighted by atomic mass is 9.78. The highest BCUT2D eigenvalue weighted by molar-refractivity contribution is 6.20. The van der Waals surface area contributed by atoms with Gasteiger partial charge in [0, 0.05) is 6.61 Å². The molecule has 0 aromatic heterocycles. The fraction of sp³-hybridized carbons (Fsp3) is 0.600. The lowest BCUT2D eigenvalue weighted by molar-refractivity contribution is -0.0267. The fourth-order valence-electron chi connectivity index (χ4n) is 2.48. The first-order valence-corrected chi connectivity index (χ1v) is 7.06. The molecule has 1 saturated carbocycles. The Morgan fingerprint density at radius 3 is 2.50 bits per heavy atom. The molecule has 2 rings (SSSR count). The number of ether oxygens (including phenoxy) is 2. The molecule has 0 spiro atoms. The zero-order valence-corrected chi connectivity index (χ0v) is 11.8. The second kappa shape index (κ2) is 6.44. The van der Waals surface area contributed by atoms with Gasteiger partial charge in [0.25, 0.3) is 0 Å². The highest BCUT2D eigenvalue weighted by Crippen LogP contribution is 2.39. The lowest BCUT2D eigenvalue weighted by Crippen LogP contribution is -2.31. The van der Waals surface area contributed by atoms with Gasteiger partial charge in [0.1, 0.15) is 5.75 Å². The van der Waals surface area contributed by atoms with E-state index in [1.165, 1.54) is 5.56 Å². The summed E-state index contributed by atoms with van der Waals surface area (Å²) >= 11 is 6.45. The molecule has 0 N–H and O–H groups in total. The van der Waals surface area contributed by atoms with E-state index < -0.39 is 0 Å². The molecule has 1 aromatic carbocycles. The predicted octanol–water partition coefficient (Wildman–Crippen LogP) is 4.18. The Morgan fingerprint density at radius 2 is 1.94 bits per heavy atom. The maximum absolute atomic E-state index is 6.45. The topological polar surface area (TPSA) is 18.5 Å². The van der Waals surface area contributed by atoms with E-state index in [1.54, 1.807) is 7.11 Å². The Hall–Kier alpha value is -0.730. The second-order valence-corrected chi connectivity index (χ2v) is 5.42. The summed E-state index contributed by atoms with van der Waals surface area (Å²) in [7, 11) is 1.68. The SMILES string of the molecule is CCOC1CC(CC(Cl)c2ccc(OC)cc2)C1. The Balaban J connectivity index is 1.79. The van der Waals surface area contributed by atoms with E-state index >= 15 is 0 Å². The monoisotopic (exact) mass is 268 g/mol. The van der Waals surface area contributed by atoms with Crippen LogP contribution in [0, 0.1) is 5.92 Å². The maximum Gasteiger partial charge on any atom is 0.118 e. The molecule has 2 nitrogen and oxygen atoms in total. The van der Waals surface area contributed by atoms with E-state index in [1.807, 2.05) is 12.1 Å². The first kappa shape index (κ1) is 13.7. The van der Waals surface area contributed by atoms with Crippen LogP contribution in [-0.4, -0.2) is 19.8 Å². The first-order chi connectivity index (χ1) is 8.72. The molecule has 0 aliphatic heterocycles. The van der Waals surface area contributed by atoms with Crippen LogP contribution in [0.4, 0.5) is 0 Å². The van der Waals surface area contributed by atoms with Gasteiger partial charge in [-0.2, -0.15) is 0 Å². The van der Waals surface area contributed by atoms with E-state index in [4.69, 9.17) is 21.1 Å². The number of hydrogen-bond acceptors (Lipinski definition) is 2. The Bertz CT molecular complexity index is 357. The molecule has 0 saturated heterocycles. The van der Waals surface area contributed by atoms with Crippen molar-refractivity contribution in [1.82, 2.24) is 0 Å². The van der Waals surface area contributed by atoms with Crippen molar-refractivity contribution in [1.29, 1.82) is 0 Å². The van der Waals surface area contributed by atoms with Crippen molar-refractivity contribution in [3.05, 3.63) is 29.8 Å². The van der Waals surface area contributed by atoms with Crippen LogP contribution in [0.2, 0.25) is 0 Å². The van der Waals surface area contributed by atoms with Crippen LogP contribution >= 0.6 is 11.6 Å². The number of hydrogen-bond donors (Lipinski definition) is 0. The minimum atomic E-state index is 0.100. The van der Waals surface area contributed by atoms with Crippen LogP contribution in [0.25, 0.3) is 0 Å². The molecule has 1 fully saturated rings. The maximum atomic E-state index is 6.45. The minimum Gasteiger partial charge on any atom is -0.497 e. The fourth-order valence-corrected chi connectivity index (χ4v) is 2.88. The summed E-state index contributed by atoms with van der Waals surface area (Å²) in [6.07, 6.45) is 3.83. The summed E-state index contributed by atoms with van der Waals surface area (Å²) < 4.78 is 10.7. The molecule has 100 valence electrons. The molecule has 1 atom stereocenters. The number of benzene rings is 1. The third-order valence-corrected chi connectivity index (χ3v) is 4.04. The molecule has 3 heteroatoms. The molecule has 0 amide bonds. The summed E-state index contributed by atoms with van der Waals surface area (Å²) in [6.45, 7) is 2.87. The van der Waals surface area contributed by atoms with Crippen LogP contribution < -0.4 is 4.74 Å². The Kier molecular flexibility index (Phi) is 4.90. The molecule has 1 aliphatic carbocycles. The normalized spacial score (nSPS) is 24.4. The summed E-state index contributed by atoms with van der Waals surface area (Å²) in [5, 5.41) is 0.100. The van der Waals surface area contributed by atoms with Crippen molar-refractivity contribution in [2.24, 2.45) is 5.92 Å². The minimum absolute atomic E-state index is 0.100. The smallest absolute Gasteiger partial charge is 0.118 e. The largest absolute Gasteiger partial charge is 0.497 e. The average Bonchev–Trinajstić information content (AvgIpc) is 2.36. The zero-order valence-electron chi connectivity index (χ0n) is 11.1. The van der Waals surface area contributed by atoms with E-state index in [2.05, 4.69) is 19.1 Å². The van der Waals surface area contributed by atoms with Gasteiger partial charge in [0.05, 0.1) is 18.6 Å². The van der Waals surface area contributed by atoms with Gasteiger partial charge < -0.3 is 9.47 Å². The molecule has 1 unspecified atom stereocenters. The number of alkyl halides is 1. The van der Waals surface area contributed by atoms with Crippen molar-refractivity contribution >= 4 is 11.6 Å². The van der Waals surface area contributed by atoms with Crippen molar-refractivity contribution < 1.29 is 9.47 Å². The average molecular weight is 269 g/mol. The first-order valence-electron chi connectivity index (χ1n) is 6.62. The number of halogens is 1. The summed E-state index contributed by atoms with van der Waals surface area (Å²) in [5.41, 5.74) is 1.18. The third kappa shape index (κ3) is 3.39. The van der Waals surface area contributed by atoms with Gasteiger partial charge in [-0.1, -0.05) is 12.1 Å². The standard InChI is InChI=1S/C15H21ClO2/c1-3-18-14-8-11(9-14)10-15(16)12-4-6-13(17-2)7-5-12/h4-7,11,14-15H,3,8-10H2,1-2H3. The van der Waals surface area contributed by atoms with Crippen molar-refractivity contribution in [2.45, 2.75) is 37.7 Å². The summed E-state index contributed by atoms with van der Waals surface area (Å²) in [6, 6.07) is 8.04. The van der Waals surface area contributed by atoms with Crippen molar-refractivity contribution in [3.8, 4) is 5.75 Å². The van der Waals surface area contributed by atoms with Gasteiger partial charge in [0.2, 0.25) is 0 Å². The van der Waals surface area contributed by atoms with Gasteiger partial charge in [-0.15, -0.1) is 11.6 Å². The number of rotatable bonds is 6. The highest BCUT2D eigenvalue weighted by atomic mass is 35.5. The van der Waals surface area contributed by atoms with Gasteiger partial charge in [0.15, 0.2) is 0 Å². The summed E-state index contributed by atoms with van der Waals surface area (Å²) in [4.78, 5) is 0. The second-order valence-electron chi connectivity index (χ2n) is 4.89. The molecule has 0 heterocycles. The molecule has 1 aromatic rings. The third-order valence-electron chi connectivity index (χ3n) is 3.61. The van der Waals surface area contributed by atoms with Crippen molar-refractivity contribution in [3.63, 3.8) is 0 Å². The van der Waals surface area contributed by atoms with Crippen LogP contribution in [0.1, 0.15) is 37.1 Å². The Labute approximate surface area is 114 Å². The molecular weight excluding hydrogens is 248 g/mol. The molecule has 18 heavy (non-hydrogen) atoms. The van der Waals surface area contributed by atoms with Crippen LogP contribution in [0.3, 0.4) is 0 Å². The molecule has 1 aliphatic rings. The van der Waals surface area contributed by atoms with E-state index in [0.717, 1.165) is 31.6 Å². The van der Waals surface area contributed by atoms with Crippen LogP contribution in [0.5, 0.6) is 5.75 Å². The molecular formula is C15H21ClO2. The van der Waals surface area contributed by atoms with Crippen LogP contribution in [-0.2, 0) is 4.74 Å². The van der Waals surface area contributed by atoms with E-state index in [9.17, 15) is 0 Å². The quantitative estimate of drug-likeness (QED) is 0.721. The molecule has 0 bridgehead atoms.